The monoisotopic (exact) mass is 303 g/mol. The molecule has 0 bridgehead atoms. The average molecular weight is 303 g/mol. The minimum atomic E-state index is -0.991. The van der Waals surface area contributed by atoms with E-state index in [1.807, 2.05) is 0 Å². The topological polar surface area (TPSA) is 66.4 Å². The molecule has 1 rings (SSSR count). The zero-order valence-electron chi connectivity index (χ0n) is 10.9. The fourth-order valence-electron chi connectivity index (χ4n) is 1.51. The van der Waals surface area contributed by atoms with Gasteiger partial charge in [0, 0.05) is 17.0 Å². The van der Waals surface area contributed by atoms with E-state index < -0.39 is 23.6 Å². The van der Waals surface area contributed by atoms with Gasteiger partial charge >= 0.3 is 5.97 Å². The van der Waals surface area contributed by atoms with Crippen molar-refractivity contribution in [2.45, 2.75) is 30.7 Å². The van der Waals surface area contributed by atoms with Crippen LogP contribution in [0.1, 0.15) is 19.8 Å². The van der Waals surface area contributed by atoms with Crippen LogP contribution >= 0.6 is 11.8 Å². The summed E-state index contributed by atoms with van der Waals surface area (Å²) < 4.78 is 26.0. The predicted octanol–water partition coefficient (Wildman–Crippen LogP) is 2.43. The molecule has 0 aliphatic heterocycles. The Bertz CT molecular complexity index is 497. The molecule has 1 atom stereocenters. The number of rotatable bonds is 7. The number of nitrogens with one attached hydrogen (secondary N) is 1. The molecule has 0 fully saturated rings. The second-order valence-corrected chi connectivity index (χ2v) is 5.15. The SMILES string of the molecule is CCC(CC(=O)O)NC(=O)CSc1ccc(F)cc1F. The van der Waals surface area contributed by atoms with E-state index in [9.17, 15) is 18.4 Å². The maximum Gasteiger partial charge on any atom is 0.305 e. The largest absolute Gasteiger partial charge is 0.481 e. The molecule has 0 aliphatic carbocycles. The van der Waals surface area contributed by atoms with Gasteiger partial charge in [0.1, 0.15) is 11.6 Å². The van der Waals surface area contributed by atoms with E-state index in [0.717, 1.165) is 23.9 Å². The molecule has 0 saturated heterocycles. The van der Waals surface area contributed by atoms with E-state index in [0.29, 0.717) is 6.42 Å². The zero-order valence-corrected chi connectivity index (χ0v) is 11.7. The van der Waals surface area contributed by atoms with Crippen LogP contribution in [-0.2, 0) is 9.59 Å². The van der Waals surface area contributed by atoms with Crippen molar-refractivity contribution in [2.24, 2.45) is 0 Å². The molecule has 0 radical (unpaired) electrons. The number of carbonyl (C=O) groups is 2. The summed E-state index contributed by atoms with van der Waals surface area (Å²) in [5, 5.41) is 11.2. The third-order valence-electron chi connectivity index (χ3n) is 2.53. The highest BCUT2D eigenvalue weighted by Crippen LogP contribution is 2.22. The first kappa shape index (κ1) is 16.4. The molecule has 4 nitrogen and oxygen atoms in total. The van der Waals surface area contributed by atoms with Crippen molar-refractivity contribution in [3.8, 4) is 0 Å². The van der Waals surface area contributed by atoms with Gasteiger partial charge in [0.05, 0.1) is 12.2 Å². The number of hydrogen-bond donors (Lipinski definition) is 2. The maximum absolute atomic E-state index is 13.3. The lowest BCUT2D eigenvalue weighted by atomic mass is 10.1. The highest BCUT2D eigenvalue weighted by atomic mass is 32.2. The number of carbonyl (C=O) groups excluding carboxylic acids is 1. The van der Waals surface area contributed by atoms with Gasteiger partial charge < -0.3 is 10.4 Å². The number of thioether (sulfide) groups is 1. The Labute approximate surface area is 119 Å². The zero-order chi connectivity index (χ0) is 15.1. The Morgan fingerprint density at radius 1 is 1.40 bits per heavy atom. The number of carboxylic acids is 1. The number of halogens is 2. The number of hydrogen-bond acceptors (Lipinski definition) is 3. The first-order valence-electron chi connectivity index (χ1n) is 6.01. The minimum Gasteiger partial charge on any atom is -0.481 e. The van der Waals surface area contributed by atoms with Gasteiger partial charge in [-0.2, -0.15) is 0 Å². The Kier molecular flexibility index (Phi) is 6.44. The van der Waals surface area contributed by atoms with Gasteiger partial charge in [-0.05, 0) is 18.6 Å². The van der Waals surface area contributed by atoms with Crippen molar-refractivity contribution in [1.82, 2.24) is 5.32 Å². The number of amides is 1. The summed E-state index contributed by atoms with van der Waals surface area (Å²) in [5.41, 5.74) is 0. The molecular weight excluding hydrogens is 288 g/mol. The quantitative estimate of drug-likeness (QED) is 0.759. The summed E-state index contributed by atoms with van der Waals surface area (Å²) in [4.78, 5) is 22.4. The van der Waals surface area contributed by atoms with Crippen molar-refractivity contribution in [3.05, 3.63) is 29.8 Å². The molecule has 0 aliphatic rings. The van der Waals surface area contributed by atoms with Gasteiger partial charge in [-0.15, -0.1) is 11.8 Å². The molecule has 1 aromatic rings. The first-order valence-corrected chi connectivity index (χ1v) is 7.00. The van der Waals surface area contributed by atoms with Crippen LogP contribution in [0.25, 0.3) is 0 Å². The number of carboxylic acid groups (broad SMARTS) is 1. The predicted molar refractivity (Wildman–Crippen MR) is 71.6 cm³/mol. The van der Waals surface area contributed by atoms with Crippen molar-refractivity contribution in [1.29, 1.82) is 0 Å². The standard InChI is InChI=1S/C13H15F2NO3S/c1-2-9(6-13(18)19)16-12(17)7-20-11-4-3-8(14)5-10(11)15/h3-5,9H,2,6-7H2,1H3,(H,16,17)(H,18,19). The average Bonchev–Trinajstić information content (AvgIpc) is 2.36. The molecule has 110 valence electrons. The van der Waals surface area contributed by atoms with Gasteiger partial charge in [-0.3, -0.25) is 9.59 Å². The number of aliphatic carboxylic acids is 1. The maximum atomic E-state index is 13.3. The highest BCUT2D eigenvalue weighted by molar-refractivity contribution is 8.00. The van der Waals surface area contributed by atoms with Gasteiger partial charge in [0.15, 0.2) is 0 Å². The molecule has 7 heteroatoms. The third-order valence-corrected chi connectivity index (χ3v) is 3.58. The number of benzene rings is 1. The van der Waals surface area contributed by atoms with Crippen LogP contribution in [0.3, 0.4) is 0 Å². The highest BCUT2D eigenvalue weighted by Gasteiger charge is 2.14. The Morgan fingerprint density at radius 2 is 2.10 bits per heavy atom. The van der Waals surface area contributed by atoms with Crippen LogP contribution in [-0.4, -0.2) is 28.8 Å². The van der Waals surface area contributed by atoms with E-state index in [1.165, 1.54) is 6.07 Å². The second-order valence-electron chi connectivity index (χ2n) is 4.13. The Balaban J connectivity index is 2.48. The van der Waals surface area contributed by atoms with E-state index in [4.69, 9.17) is 5.11 Å². The van der Waals surface area contributed by atoms with Crippen LogP contribution in [0, 0.1) is 11.6 Å². The smallest absolute Gasteiger partial charge is 0.305 e. The second kappa shape index (κ2) is 7.84. The van der Waals surface area contributed by atoms with E-state index >= 15 is 0 Å². The summed E-state index contributed by atoms with van der Waals surface area (Å²) >= 11 is 0.934. The lowest BCUT2D eigenvalue weighted by Gasteiger charge is -2.14. The van der Waals surface area contributed by atoms with Crippen LogP contribution in [0.2, 0.25) is 0 Å². The Morgan fingerprint density at radius 3 is 2.65 bits per heavy atom. The fourth-order valence-corrected chi connectivity index (χ4v) is 2.24. The van der Waals surface area contributed by atoms with Crippen LogP contribution in [0.15, 0.2) is 23.1 Å². The van der Waals surface area contributed by atoms with Gasteiger partial charge in [-0.1, -0.05) is 6.92 Å². The molecule has 0 aromatic heterocycles. The first-order chi connectivity index (χ1) is 9.42. The third kappa shape index (κ3) is 5.56. The molecule has 20 heavy (non-hydrogen) atoms. The fraction of sp³-hybridized carbons (Fsp3) is 0.385. The summed E-state index contributed by atoms with van der Waals surface area (Å²) in [5.74, 6) is -2.83. The van der Waals surface area contributed by atoms with E-state index in [-0.39, 0.29) is 23.0 Å². The molecule has 0 saturated carbocycles. The van der Waals surface area contributed by atoms with Gasteiger partial charge in [0.25, 0.3) is 0 Å². The lowest BCUT2D eigenvalue weighted by Crippen LogP contribution is -2.37. The van der Waals surface area contributed by atoms with Crippen LogP contribution in [0.4, 0.5) is 8.78 Å². The summed E-state index contributed by atoms with van der Waals surface area (Å²) in [6, 6.07) is 2.68. The lowest BCUT2D eigenvalue weighted by molar-refractivity contribution is -0.137. The van der Waals surface area contributed by atoms with Crippen LogP contribution < -0.4 is 5.32 Å². The van der Waals surface area contributed by atoms with Crippen molar-refractivity contribution >= 4 is 23.6 Å². The van der Waals surface area contributed by atoms with E-state index in [2.05, 4.69) is 5.32 Å². The summed E-state index contributed by atoms with van der Waals surface area (Å²) in [7, 11) is 0. The minimum absolute atomic E-state index is 0.0569. The Hall–Kier alpha value is -1.63. The summed E-state index contributed by atoms with van der Waals surface area (Å²) in [6.45, 7) is 1.76. The van der Waals surface area contributed by atoms with Gasteiger partial charge in [0.2, 0.25) is 5.91 Å². The molecule has 1 aromatic carbocycles. The summed E-state index contributed by atoms with van der Waals surface area (Å²) in [6.07, 6.45) is 0.339. The normalized spacial score (nSPS) is 11.9. The molecule has 1 unspecified atom stereocenters. The molecule has 0 spiro atoms. The van der Waals surface area contributed by atoms with Crippen molar-refractivity contribution in [3.63, 3.8) is 0 Å². The molecule has 2 N–H and O–H groups in total. The molecular formula is C13H15F2NO3S. The molecule has 1 amide bonds. The van der Waals surface area contributed by atoms with Crippen molar-refractivity contribution < 1.29 is 23.5 Å². The van der Waals surface area contributed by atoms with Crippen LogP contribution in [0.5, 0.6) is 0 Å². The van der Waals surface area contributed by atoms with Crippen molar-refractivity contribution in [2.75, 3.05) is 5.75 Å². The van der Waals surface area contributed by atoms with E-state index in [1.54, 1.807) is 6.92 Å². The molecule has 0 heterocycles. The van der Waals surface area contributed by atoms with Gasteiger partial charge in [-0.25, -0.2) is 8.78 Å².